The van der Waals surface area contributed by atoms with Crippen LogP contribution in [0.2, 0.25) is 0 Å². The SMILES string of the molecule is Cc1nn(C)c2nc(C3CC3)cc(C(=O)NCCC(=O)N3CCCCCC3)c12. The van der Waals surface area contributed by atoms with Crippen molar-refractivity contribution in [2.45, 2.75) is 57.8 Å². The third-order valence-corrected chi connectivity index (χ3v) is 5.81. The number of carbonyl (C=O) groups excluding carboxylic acids is 2. The Balaban J connectivity index is 1.45. The molecule has 0 spiro atoms. The summed E-state index contributed by atoms with van der Waals surface area (Å²) in [6, 6.07) is 1.92. The van der Waals surface area contributed by atoms with Crippen molar-refractivity contribution in [2.75, 3.05) is 19.6 Å². The number of nitrogens with one attached hydrogen (secondary N) is 1. The van der Waals surface area contributed by atoms with Gasteiger partial charge in [0.1, 0.15) is 0 Å². The first kappa shape index (κ1) is 18.9. The zero-order valence-corrected chi connectivity index (χ0v) is 16.8. The lowest BCUT2D eigenvalue weighted by Crippen LogP contribution is -2.35. The molecule has 1 aliphatic heterocycles. The summed E-state index contributed by atoms with van der Waals surface area (Å²) in [5.41, 5.74) is 3.16. The van der Waals surface area contributed by atoms with Gasteiger partial charge in [-0.05, 0) is 38.7 Å². The molecule has 3 heterocycles. The third-order valence-electron chi connectivity index (χ3n) is 5.81. The highest BCUT2D eigenvalue weighted by molar-refractivity contribution is 6.06. The van der Waals surface area contributed by atoms with Crippen LogP contribution < -0.4 is 5.32 Å². The summed E-state index contributed by atoms with van der Waals surface area (Å²) in [5, 5.41) is 8.20. The Morgan fingerprint density at radius 3 is 2.57 bits per heavy atom. The first-order valence-corrected chi connectivity index (χ1v) is 10.4. The van der Waals surface area contributed by atoms with E-state index in [-0.39, 0.29) is 11.8 Å². The predicted octanol–water partition coefficient (Wildman–Crippen LogP) is 2.68. The molecular formula is C21H29N5O2. The molecule has 1 aliphatic carbocycles. The van der Waals surface area contributed by atoms with Gasteiger partial charge in [0.15, 0.2) is 5.65 Å². The molecule has 0 unspecified atom stereocenters. The molecule has 2 aromatic heterocycles. The average molecular weight is 383 g/mol. The smallest absolute Gasteiger partial charge is 0.252 e. The molecule has 0 atom stereocenters. The number of hydrogen-bond donors (Lipinski definition) is 1. The highest BCUT2D eigenvalue weighted by Crippen LogP contribution is 2.40. The molecule has 0 radical (unpaired) electrons. The van der Waals surface area contributed by atoms with E-state index in [2.05, 4.69) is 10.4 Å². The van der Waals surface area contributed by atoms with Crippen LogP contribution in [0.15, 0.2) is 6.07 Å². The van der Waals surface area contributed by atoms with Gasteiger partial charge in [-0.3, -0.25) is 14.3 Å². The second-order valence-electron chi connectivity index (χ2n) is 8.08. The van der Waals surface area contributed by atoms with Gasteiger partial charge in [0, 0.05) is 44.7 Å². The first-order chi connectivity index (χ1) is 13.5. The van der Waals surface area contributed by atoms with E-state index >= 15 is 0 Å². The molecule has 7 nitrogen and oxygen atoms in total. The van der Waals surface area contributed by atoms with Crippen molar-refractivity contribution in [1.29, 1.82) is 0 Å². The number of hydrogen-bond acceptors (Lipinski definition) is 4. The number of fused-ring (bicyclic) bond motifs is 1. The topological polar surface area (TPSA) is 80.1 Å². The quantitative estimate of drug-likeness (QED) is 0.861. The second kappa shape index (κ2) is 7.89. The number of nitrogens with zero attached hydrogens (tertiary/aromatic N) is 4. The van der Waals surface area contributed by atoms with Crippen LogP contribution in [-0.4, -0.2) is 51.1 Å². The van der Waals surface area contributed by atoms with Gasteiger partial charge in [-0.2, -0.15) is 5.10 Å². The molecular weight excluding hydrogens is 354 g/mol. The maximum Gasteiger partial charge on any atom is 0.252 e. The van der Waals surface area contributed by atoms with Crippen LogP contribution in [0.3, 0.4) is 0 Å². The Kier molecular flexibility index (Phi) is 5.33. The van der Waals surface area contributed by atoms with E-state index in [4.69, 9.17) is 4.98 Å². The van der Waals surface area contributed by atoms with Gasteiger partial charge < -0.3 is 10.2 Å². The van der Waals surface area contributed by atoms with Gasteiger partial charge in [0.05, 0.1) is 16.6 Å². The molecule has 2 fully saturated rings. The monoisotopic (exact) mass is 383 g/mol. The van der Waals surface area contributed by atoms with E-state index in [1.54, 1.807) is 4.68 Å². The lowest BCUT2D eigenvalue weighted by molar-refractivity contribution is -0.131. The van der Waals surface area contributed by atoms with Crippen molar-refractivity contribution in [2.24, 2.45) is 7.05 Å². The Hall–Kier alpha value is -2.44. The number of pyridine rings is 1. The summed E-state index contributed by atoms with van der Waals surface area (Å²) < 4.78 is 1.75. The summed E-state index contributed by atoms with van der Waals surface area (Å²) in [6.07, 6.45) is 7.16. The van der Waals surface area contributed by atoms with Crippen molar-refractivity contribution in [3.8, 4) is 0 Å². The molecule has 1 saturated carbocycles. The fourth-order valence-corrected chi connectivity index (χ4v) is 4.09. The van der Waals surface area contributed by atoms with E-state index in [0.29, 0.717) is 24.4 Å². The Morgan fingerprint density at radius 1 is 1.18 bits per heavy atom. The maximum atomic E-state index is 12.9. The fraction of sp³-hybridized carbons (Fsp3) is 0.619. The Labute approximate surface area is 165 Å². The van der Waals surface area contributed by atoms with Gasteiger partial charge in [-0.1, -0.05) is 12.8 Å². The number of carbonyl (C=O) groups is 2. The summed E-state index contributed by atoms with van der Waals surface area (Å²) >= 11 is 0. The normalized spacial score (nSPS) is 17.6. The lowest BCUT2D eigenvalue weighted by Gasteiger charge is -2.20. The van der Waals surface area contributed by atoms with Crippen molar-refractivity contribution in [3.63, 3.8) is 0 Å². The van der Waals surface area contributed by atoms with Crippen LogP contribution in [0.5, 0.6) is 0 Å². The fourth-order valence-electron chi connectivity index (χ4n) is 4.09. The molecule has 0 aromatic carbocycles. The van der Waals surface area contributed by atoms with Gasteiger partial charge in [0.2, 0.25) is 5.91 Å². The van der Waals surface area contributed by atoms with Crippen LogP contribution in [0.25, 0.3) is 11.0 Å². The number of likely N-dealkylation sites (tertiary alicyclic amines) is 1. The first-order valence-electron chi connectivity index (χ1n) is 10.4. The van der Waals surface area contributed by atoms with E-state index in [1.165, 1.54) is 12.8 Å². The summed E-state index contributed by atoms with van der Waals surface area (Å²) in [7, 11) is 1.86. The van der Waals surface area contributed by atoms with Crippen molar-refractivity contribution >= 4 is 22.8 Å². The summed E-state index contributed by atoms with van der Waals surface area (Å²) in [6.45, 7) is 3.95. The molecule has 2 aromatic rings. The van der Waals surface area contributed by atoms with Crippen LogP contribution in [0.1, 0.15) is 72.6 Å². The molecule has 4 rings (SSSR count). The Morgan fingerprint density at radius 2 is 1.89 bits per heavy atom. The maximum absolute atomic E-state index is 12.9. The van der Waals surface area contributed by atoms with Crippen LogP contribution in [0, 0.1) is 6.92 Å². The van der Waals surface area contributed by atoms with E-state index in [9.17, 15) is 9.59 Å². The third kappa shape index (κ3) is 3.88. The largest absolute Gasteiger partial charge is 0.351 e. The minimum absolute atomic E-state index is 0.137. The molecule has 28 heavy (non-hydrogen) atoms. The second-order valence-corrected chi connectivity index (χ2v) is 8.08. The standard InChI is InChI=1S/C21H29N5O2/c1-14-19-16(13-17(15-7-8-15)23-20(19)25(2)24-14)21(28)22-10-9-18(27)26-11-5-3-4-6-12-26/h13,15H,3-12H2,1-2H3,(H,22,28). The average Bonchev–Trinajstić information content (AvgIpc) is 3.50. The number of aromatic nitrogens is 3. The zero-order valence-electron chi connectivity index (χ0n) is 16.8. The van der Waals surface area contributed by atoms with Gasteiger partial charge in [-0.25, -0.2) is 4.98 Å². The number of amides is 2. The lowest BCUT2D eigenvalue weighted by atomic mass is 10.1. The number of rotatable bonds is 5. The number of aryl methyl sites for hydroxylation is 2. The summed E-state index contributed by atoms with van der Waals surface area (Å²) in [5.74, 6) is 0.447. The van der Waals surface area contributed by atoms with Crippen LogP contribution in [0.4, 0.5) is 0 Å². The van der Waals surface area contributed by atoms with Gasteiger partial charge in [-0.15, -0.1) is 0 Å². The Bertz CT molecular complexity index is 892. The minimum atomic E-state index is -0.144. The van der Waals surface area contributed by atoms with Crippen LogP contribution in [-0.2, 0) is 11.8 Å². The van der Waals surface area contributed by atoms with E-state index in [0.717, 1.165) is 61.2 Å². The van der Waals surface area contributed by atoms with E-state index in [1.807, 2.05) is 24.9 Å². The molecule has 2 amide bonds. The minimum Gasteiger partial charge on any atom is -0.351 e. The van der Waals surface area contributed by atoms with Crippen molar-refractivity contribution in [3.05, 3.63) is 23.0 Å². The molecule has 1 N–H and O–H groups in total. The molecule has 0 bridgehead atoms. The van der Waals surface area contributed by atoms with Gasteiger partial charge >= 0.3 is 0 Å². The summed E-state index contributed by atoms with van der Waals surface area (Å²) in [4.78, 5) is 32.1. The van der Waals surface area contributed by atoms with Crippen molar-refractivity contribution < 1.29 is 9.59 Å². The molecule has 7 heteroatoms. The highest BCUT2D eigenvalue weighted by Gasteiger charge is 2.28. The highest BCUT2D eigenvalue weighted by atomic mass is 16.2. The van der Waals surface area contributed by atoms with Crippen molar-refractivity contribution in [1.82, 2.24) is 25.0 Å². The van der Waals surface area contributed by atoms with Crippen LogP contribution >= 0.6 is 0 Å². The predicted molar refractivity (Wildman–Crippen MR) is 107 cm³/mol. The van der Waals surface area contributed by atoms with Gasteiger partial charge in [0.25, 0.3) is 5.91 Å². The molecule has 1 saturated heterocycles. The van der Waals surface area contributed by atoms with E-state index < -0.39 is 0 Å². The zero-order chi connectivity index (χ0) is 19.7. The molecule has 2 aliphatic rings. The molecule has 150 valence electrons.